The molecule has 5 nitrogen and oxygen atoms in total. The second-order valence-corrected chi connectivity index (χ2v) is 7.44. The fourth-order valence-electron chi connectivity index (χ4n) is 4.00. The number of fused-ring (bicyclic) bond motifs is 1. The smallest absolute Gasteiger partial charge is 0.450 e. The molecule has 1 aliphatic rings. The van der Waals surface area contributed by atoms with Gasteiger partial charge in [0.1, 0.15) is 18.0 Å². The van der Waals surface area contributed by atoms with Crippen molar-refractivity contribution in [3.8, 4) is 22.6 Å². The predicted molar refractivity (Wildman–Crippen MR) is 105 cm³/mol. The van der Waals surface area contributed by atoms with Crippen LogP contribution in [0.25, 0.3) is 22.1 Å². The SMILES string of the molecule is COc1ccc(-c2c(C(F)(F)F)oc3c(C[NH+]4CCCC4)c(O)ccc3c2=O)cc1. The van der Waals surface area contributed by atoms with Crippen molar-refractivity contribution in [2.24, 2.45) is 0 Å². The first-order chi connectivity index (χ1) is 14.3. The summed E-state index contributed by atoms with van der Waals surface area (Å²) in [6, 6.07) is 8.40. The summed E-state index contributed by atoms with van der Waals surface area (Å²) in [5, 5.41) is 10.3. The Morgan fingerprint density at radius 2 is 1.77 bits per heavy atom. The van der Waals surface area contributed by atoms with Crippen molar-refractivity contribution in [3.05, 3.63) is 57.9 Å². The quantitative estimate of drug-likeness (QED) is 0.680. The third-order valence-corrected chi connectivity index (χ3v) is 5.51. The molecule has 0 radical (unpaired) electrons. The number of likely N-dealkylation sites (tertiary alicyclic amines) is 1. The molecule has 1 aliphatic heterocycles. The molecule has 4 rings (SSSR count). The van der Waals surface area contributed by atoms with E-state index in [9.17, 15) is 23.1 Å². The molecule has 0 atom stereocenters. The highest BCUT2D eigenvalue weighted by Gasteiger charge is 2.40. The van der Waals surface area contributed by atoms with Crippen LogP contribution < -0.4 is 15.1 Å². The number of phenolic OH excluding ortho intramolecular Hbond substituents is 1. The molecule has 3 aromatic rings. The van der Waals surface area contributed by atoms with Crippen molar-refractivity contribution in [1.29, 1.82) is 0 Å². The van der Waals surface area contributed by atoms with Crippen molar-refractivity contribution in [2.75, 3.05) is 20.2 Å². The predicted octanol–water partition coefficient (Wildman–Crippen LogP) is 3.37. The second kappa shape index (κ2) is 7.68. The summed E-state index contributed by atoms with van der Waals surface area (Å²) in [4.78, 5) is 14.3. The molecule has 1 fully saturated rings. The summed E-state index contributed by atoms with van der Waals surface area (Å²) in [7, 11) is 1.44. The van der Waals surface area contributed by atoms with E-state index in [2.05, 4.69) is 0 Å². The molecule has 2 heterocycles. The molecular weight excluding hydrogens is 399 g/mol. The van der Waals surface area contributed by atoms with Crippen LogP contribution >= 0.6 is 0 Å². The molecular formula is C22H21F3NO4+. The minimum Gasteiger partial charge on any atom is -0.507 e. The van der Waals surface area contributed by atoms with Gasteiger partial charge in [-0.2, -0.15) is 13.2 Å². The van der Waals surface area contributed by atoms with Crippen molar-refractivity contribution in [2.45, 2.75) is 25.6 Å². The van der Waals surface area contributed by atoms with E-state index >= 15 is 0 Å². The number of benzene rings is 2. The van der Waals surface area contributed by atoms with Gasteiger partial charge in [0.25, 0.3) is 0 Å². The Balaban J connectivity index is 1.97. The average Bonchev–Trinajstić information content (AvgIpc) is 3.22. The Labute approximate surface area is 170 Å². The van der Waals surface area contributed by atoms with Crippen LogP contribution in [0.2, 0.25) is 0 Å². The van der Waals surface area contributed by atoms with E-state index in [-0.39, 0.29) is 27.8 Å². The Morgan fingerprint density at radius 3 is 2.37 bits per heavy atom. The molecule has 0 saturated carbocycles. The first kappa shape index (κ1) is 20.3. The topological polar surface area (TPSA) is 64.1 Å². The molecule has 0 spiro atoms. The Bertz CT molecular complexity index is 1130. The van der Waals surface area contributed by atoms with E-state index in [1.54, 1.807) is 0 Å². The summed E-state index contributed by atoms with van der Waals surface area (Å²) >= 11 is 0. The molecule has 158 valence electrons. The summed E-state index contributed by atoms with van der Waals surface area (Å²) in [5.74, 6) is -1.08. The summed E-state index contributed by atoms with van der Waals surface area (Å²) in [6.07, 6.45) is -2.85. The Morgan fingerprint density at radius 1 is 1.10 bits per heavy atom. The van der Waals surface area contributed by atoms with Crippen molar-refractivity contribution >= 4 is 11.0 Å². The van der Waals surface area contributed by atoms with Crippen molar-refractivity contribution in [3.63, 3.8) is 0 Å². The number of alkyl halides is 3. The van der Waals surface area contributed by atoms with Gasteiger partial charge in [-0.05, 0) is 29.8 Å². The monoisotopic (exact) mass is 420 g/mol. The van der Waals surface area contributed by atoms with E-state index in [1.165, 1.54) is 43.5 Å². The van der Waals surface area contributed by atoms with Gasteiger partial charge in [0.2, 0.25) is 11.2 Å². The lowest BCUT2D eigenvalue weighted by atomic mass is 10.00. The van der Waals surface area contributed by atoms with Gasteiger partial charge in [-0.15, -0.1) is 0 Å². The molecule has 30 heavy (non-hydrogen) atoms. The van der Waals surface area contributed by atoms with Gasteiger partial charge in [-0.25, -0.2) is 0 Å². The zero-order valence-corrected chi connectivity index (χ0v) is 16.3. The third kappa shape index (κ3) is 3.63. The minimum atomic E-state index is -4.88. The van der Waals surface area contributed by atoms with E-state index in [4.69, 9.17) is 9.15 Å². The highest BCUT2D eigenvalue weighted by molar-refractivity contribution is 5.86. The Kier molecular flexibility index (Phi) is 5.19. The normalized spacial score (nSPS) is 15.1. The number of ether oxygens (including phenoxy) is 1. The third-order valence-electron chi connectivity index (χ3n) is 5.51. The van der Waals surface area contributed by atoms with Crippen molar-refractivity contribution < 1.29 is 32.3 Å². The standard InChI is InChI=1S/C22H20F3NO4/c1-29-14-6-4-13(5-7-14)18-19(28)15-8-9-17(27)16(12-26-10-2-3-11-26)20(15)30-21(18)22(23,24)25/h4-9,27H,2-3,10-12H2,1H3/p+1. The molecule has 0 unspecified atom stereocenters. The fraction of sp³-hybridized carbons (Fsp3) is 0.318. The van der Waals surface area contributed by atoms with Crippen LogP contribution in [0.1, 0.15) is 24.2 Å². The summed E-state index contributed by atoms with van der Waals surface area (Å²) in [5.41, 5.74) is -1.23. The highest BCUT2D eigenvalue weighted by atomic mass is 19.4. The lowest BCUT2D eigenvalue weighted by Crippen LogP contribution is -3.08. The van der Waals surface area contributed by atoms with Gasteiger partial charge in [0, 0.05) is 12.8 Å². The molecule has 1 aromatic heterocycles. The number of aromatic hydroxyl groups is 1. The maximum Gasteiger partial charge on any atom is 0.450 e. The van der Waals surface area contributed by atoms with E-state index < -0.39 is 22.9 Å². The number of hydrogen-bond acceptors (Lipinski definition) is 4. The number of quaternary nitrogens is 1. The van der Waals surface area contributed by atoms with Crippen LogP contribution in [-0.4, -0.2) is 25.3 Å². The first-order valence-corrected chi connectivity index (χ1v) is 9.66. The van der Waals surface area contributed by atoms with Gasteiger partial charge in [0.15, 0.2) is 5.58 Å². The first-order valence-electron chi connectivity index (χ1n) is 9.66. The molecule has 0 aliphatic carbocycles. The molecule has 2 N–H and O–H groups in total. The van der Waals surface area contributed by atoms with Crippen LogP contribution in [-0.2, 0) is 12.7 Å². The average molecular weight is 420 g/mol. The number of hydrogen-bond donors (Lipinski definition) is 2. The Hall–Kier alpha value is -3.00. The lowest BCUT2D eigenvalue weighted by molar-refractivity contribution is -0.901. The number of nitrogens with one attached hydrogen (secondary N) is 1. The number of phenols is 1. The van der Waals surface area contributed by atoms with Crippen LogP contribution in [0.4, 0.5) is 13.2 Å². The molecule has 0 bridgehead atoms. The lowest BCUT2D eigenvalue weighted by Gasteiger charge is -2.17. The largest absolute Gasteiger partial charge is 0.507 e. The molecule has 2 aromatic carbocycles. The van der Waals surface area contributed by atoms with Gasteiger partial charge >= 0.3 is 6.18 Å². The molecule has 8 heteroatoms. The van der Waals surface area contributed by atoms with E-state index in [1.807, 2.05) is 0 Å². The van der Waals surface area contributed by atoms with Crippen LogP contribution in [0.15, 0.2) is 45.6 Å². The van der Waals surface area contributed by atoms with Gasteiger partial charge < -0.3 is 19.2 Å². The van der Waals surface area contributed by atoms with E-state index in [0.29, 0.717) is 12.3 Å². The number of methoxy groups -OCH3 is 1. The zero-order chi connectivity index (χ0) is 21.5. The number of rotatable bonds is 4. The molecule has 0 amide bonds. The summed E-state index contributed by atoms with van der Waals surface area (Å²) in [6.45, 7) is 2.01. The van der Waals surface area contributed by atoms with Crippen molar-refractivity contribution in [1.82, 2.24) is 0 Å². The van der Waals surface area contributed by atoms with Gasteiger partial charge in [-0.3, -0.25) is 4.79 Å². The van der Waals surface area contributed by atoms with Crippen LogP contribution in [0.3, 0.4) is 0 Å². The van der Waals surface area contributed by atoms with E-state index in [0.717, 1.165) is 30.8 Å². The van der Waals surface area contributed by atoms with Gasteiger partial charge in [0.05, 0.1) is 36.7 Å². The number of halogens is 3. The summed E-state index contributed by atoms with van der Waals surface area (Å²) < 4.78 is 52.1. The van der Waals surface area contributed by atoms with Crippen LogP contribution in [0, 0.1) is 0 Å². The minimum absolute atomic E-state index is 0.0141. The maximum atomic E-state index is 13.9. The zero-order valence-electron chi connectivity index (χ0n) is 16.3. The molecule has 1 saturated heterocycles. The second-order valence-electron chi connectivity index (χ2n) is 7.44. The van der Waals surface area contributed by atoms with Gasteiger partial charge in [-0.1, -0.05) is 12.1 Å². The highest BCUT2D eigenvalue weighted by Crippen LogP contribution is 2.39. The fourth-order valence-corrected chi connectivity index (χ4v) is 4.00. The van der Waals surface area contributed by atoms with Crippen LogP contribution in [0.5, 0.6) is 11.5 Å². The maximum absolute atomic E-state index is 13.9.